The van der Waals surface area contributed by atoms with Gasteiger partial charge >= 0.3 is 19.8 Å². The van der Waals surface area contributed by atoms with Crippen molar-refractivity contribution in [1.29, 1.82) is 0 Å². The van der Waals surface area contributed by atoms with E-state index in [1.807, 2.05) is 36.5 Å². The second-order valence-electron chi connectivity index (χ2n) is 13.1. The molecule has 0 aromatic heterocycles. The Morgan fingerprint density at radius 1 is 0.706 bits per heavy atom. The highest BCUT2D eigenvalue weighted by Crippen LogP contribution is 2.43. The molecule has 0 amide bonds. The molecule has 0 aliphatic carbocycles. The fourth-order valence-electron chi connectivity index (χ4n) is 4.65. The minimum atomic E-state index is -4.63. The smallest absolute Gasteiger partial charge is 0.462 e. The number of aliphatic hydroxyl groups excluding tert-OH is 2. The molecule has 1 unspecified atom stereocenters. The van der Waals surface area contributed by atoms with Gasteiger partial charge in [0.2, 0.25) is 0 Å². The number of hydrogen-bond donors (Lipinski definition) is 3. The molecule has 0 aliphatic heterocycles. The number of carbonyl (C=O) groups excluding carboxylic acids is 3. The molecule has 3 N–H and O–H groups in total. The highest BCUT2D eigenvalue weighted by Gasteiger charge is 2.27. The molecule has 0 fully saturated rings. The molecular formula is C39H67O11P. The van der Waals surface area contributed by atoms with E-state index in [0.717, 1.165) is 57.3 Å². The van der Waals surface area contributed by atoms with Crippen LogP contribution in [0.25, 0.3) is 0 Å². The molecule has 0 bridgehead atoms. The number of phosphoric acid groups is 1. The predicted molar refractivity (Wildman–Crippen MR) is 201 cm³/mol. The maximum Gasteiger partial charge on any atom is 0.472 e. The van der Waals surface area contributed by atoms with E-state index in [0.29, 0.717) is 25.7 Å². The summed E-state index contributed by atoms with van der Waals surface area (Å²) in [5.74, 6) is -0.149. The summed E-state index contributed by atoms with van der Waals surface area (Å²) in [5.41, 5.74) is 0. The lowest BCUT2D eigenvalue weighted by molar-refractivity contribution is -0.161. The number of hydrogen-bond acceptors (Lipinski definition) is 10. The second kappa shape index (κ2) is 33.4. The fourth-order valence-corrected chi connectivity index (χ4v) is 5.44. The van der Waals surface area contributed by atoms with E-state index in [1.54, 1.807) is 12.2 Å². The number of aliphatic hydroxyl groups is 2. The lowest BCUT2D eigenvalue weighted by Gasteiger charge is -2.20. The second-order valence-corrected chi connectivity index (χ2v) is 14.6. The van der Waals surface area contributed by atoms with Crippen LogP contribution in [0.15, 0.2) is 48.6 Å². The van der Waals surface area contributed by atoms with Crippen molar-refractivity contribution in [2.75, 3.05) is 26.4 Å². The maximum absolute atomic E-state index is 12.5. The lowest BCUT2D eigenvalue weighted by Crippen LogP contribution is -2.29. The number of allylic oxidation sites excluding steroid dienone is 8. The summed E-state index contributed by atoms with van der Waals surface area (Å²) in [5, 5.41) is 18.2. The molecule has 11 nitrogen and oxygen atoms in total. The van der Waals surface area contributed by atoms with Crippen LogP contribution in [0.1, 0.15) is 136 Å². The third kappa shape index (κ3) is 34.5. The summed E-state index contributed by atoms with van der Waals surface area (Å²) in [6.45, 7) is 4.34. The normalized spacial score (nSPS) is 14.6. The van der Waals surface area contributed by atoms with E-state index in [-0.39, 0.29) is 25.2 Å². The van der Waals surface area contributed by atoms with Crippen LogP contribution in [0, 0.1) is 5.92 Å². The maximum atomic E-state index is 12.5. The van der Waals surface area contributed by atoms with Crippen LogP contribution in [0.2, 0.25) is 0 Å². The number of unbranched alkanes of at least 4 members (excludes halogenated alkanes) is 9. The van der Waals surface area contributed by atoms with Gasteiger partial charge in [-0.1, -0.05) is 121 Å². The van der Waals surface area contributed by atoms with Crippen LogP contribution in [-0.2, 0) is 37.5 Å². The Bertz CT molecular complexity index is 1070. The lowest BCUT2D eigenvalue weighted by atomic mass is 10.0. The van der Waals surface area contributed by atoms with Crippen molar-refractivity contribution in [2.45, 2.75) is 149 Å². The first-order valence-corrected chi connectivity index (χ1v) is 20.4. The van der Waals surface area contributed by atoms with Gasteiger partial charge in [-0.3, -0.25) is 23.4 Å². The summed E-state index contributed by atoms with van der Waals surface area (Å²) < 4.78 is 32.4. The van der Waals surface area contributed by atoms with E-state index >= 15 is 0 Å². The number of ketones is 1. The molecule has 0 aromatic carbocycles. The summed E-state index contributed by atoms with van der Waals surface area (Å²) in [6.07, 6.45) is 28.1. The summed E-state index contributed by atoms with van der Waals surface area (Å²) in [6, 6.07) is 0. The zero-order chi connectivity index (χ0) is 38.0. The van der Waals surface area contributed by atoms with Gasteiger partial charge in [0.25, 0.3) is 0 Å². The van der Waals surface area contributed by atoms with Crippen molar-refractivity contribution in [3.63, 3.8) is 0 Å². The number of carbonyl (C=O) groups is 3. The first-order chi connectivity index (χ1) is 24.5. The van der Waals surface area contributed by atoms with Crippen molar-refractivity contribution >= 4 is 25.5 Å². The third-order valence-corrected chi connectivity index (χ3v) is 8.59. The van der Waals surface area contributed by atoms with Crippen molar-refractivity contribution in [3.05, 3.63) is 48.6 Å². The molecule has 0 rings (SSSR count). The zero-order valence-electron chi connectivity index (χ0n) is 31.5. The van der Waals surface area contributed by atoms with Gasteiger partial charge in [0.05, 0.1) is 19.8 Å². The topological polar surface area (TPSA) is 166 Å². The number of esters is 2. The van der Waals surface area contributed by atoms with E-state index in [1.165, 1.54) is 25.7 Å². The van der Waals surface area contributed by atoms with Crippen LogP contribution < -0.4 is 0 Å². The van der Waals surface area contributed by atoms with Gasteiger partial charge in [-0.05, 0) is 50.5 Å². The Labute approximate surface area is 307 Å². The van der Waals surface area contributed by atoms with Crippen molar-refractivity contribution in [3.8, 4) is 0 Å². The summed E-state index contributed by atoms with van der Waals surface area (Å²) in [7, 11) is -4.63. The third-order valence-electron chi connectivity index (χ3n) is 7.64. The average Bonchev–Trinajstić information content (AvgIpc) is 3.09. The van der Waals surface area contributed by atoms with E-state index < -0.39 is 51.8 Å². The van der Waals surface area contributed by atoms with E-state index in [9.17, 15) is 28.9 Å². The van der Waals surface area contributed by atoms with Gasteiger partial charge in [-0.2, -0.15) is 0 Å². The SMILES string of the molecule is CCCCCC(=O)/C=C/C=C\C/C=C\C/C=C\CCCC(=O)OC[C@H](COP(=O)(O)OC[C@@H](O)CO)OC(=O)CCCCCCCCCC(C)C. The molecule has 294 valence electrons. The molecule has 0 radical (unpaired) electrons. The molecule has 0 aliphatic rings. The quantitative estimate of drug-likeness (QED) is 0.0145. The Hall–Kier alpha value is -2.40. The highest BCUT2D eigenvalue weighted by atomic mass is 31.2. The van der Waals surface area contributed by atoms with Crippen LogP contribution >= 0.6 is 7.82 Å². The Kier molecular flexibility index (Phi) is 31.9. The molecule has 0 saturated heterocycles. The highest BCUT2D eigenvalue weighted by molar-refractivity contribution is 7.47. The number of ether oxygens (including phenoxy) is 2. The first-order valence-electron chi connectivity index (χ1n) is 18.9. The molecule has 3 atom stereocenters. The standard InChI is InChI=1S/C39H67O11P/c1-4-5-20-26-35(41)27-22-17-13-9-7-6-8-10-14-18-23-28-38(43)47-32-37(33-49-51(45,46)48-31-36(42)30-40)50-39(44)29-24-19-15-11-12-16-21-25-34(2)3/h6-7,10,13-14,17,22,27,34,36-37,40,42H,4-5,8-9,11-12,15-16,18-21,23-26,28-33H2,1-3H3,(H,45,46)/b7-6-,14-10-,17-13-,27-22+/t36-,37+/m0/s1. The van der Waals surface area contributed by atoms with Crippen molar-refractivity contribution < 1.29 is 52.6 Å². The molecule has 0 spiro atoms. The number of rotatable bonds is 34. The largest absolute Gasteiger partial charge is 0.472 e. The van der Waals surface area contributed by atoms with Gasteiger partial charge in [0.1, 0.15) is 12.7 Å². The van der Waals surface area contributed by atoms with Crippen molar-refractivity contribution in [2.24, 2.45) is 5.92 Å². The van der Waals surface area contributed by atoms with Crippen LogP contribution in [0.4, 0.5) is 0 Å². The van der Waals surface area contributed by atoms with E-state index in [4.69, 9.17) is 19.1 Å². The van der Waals surface area contributed by atoms with Gasteiger partial charge in [-0.15, -0.1) is 0 Å². The summed E-state index contributed by atoms with van der Waals surface area (Å²) >= 11 is 0. The van der Waals surface area contributed by atoms with Crippen LogP contribution in [0.3, 0.4) is 0 Å². The van der Waals surface area contributed by atoms with Crippen LogP contribution in [0.5, 0.6) is 0 Å². The zero-order valence-corrected chi connectivity index (χ0v) is 32.4. The summed E-state index contributed by atoms with van der Waals surface area (Å²) in [4.78, 5) is 46.4. The Balaban J connectivity index is 4.50. The van der Waals surface area contributed by atoms with Crippen molar-refractivity contribution in [1.82, 2.24) is 0 Å². The number of phosphoric ester groups is 1. The minimum Gasteiger partial charge on any atom is -0.462 e. The molecule has 0 heterocycles. The van der Waals surface area contributed by atoms with Crippen LogP contribution in [-0.4, -0.2) is 71.5 Å². The van der Waals surface area contributed by atoms with Gasteiger partial charge in [0, 0.05) is 19.3 Å². The Morgan fingerprint density at radius 2 is 1.31 bits per heavy atom. The fraction of sp³-hybridized carbons (Fsp3) is 0.718. The van der Waals surface area contributed by atoms with Gasteiger partial charge < -0.3 is 24.6 Å². The first kappa shape index (κ1) is 48.6. The molecule has 51 heavy (non-hydrogen) atoms. The molecule has 12 heteroatoms. The van der Waals surface area contributed by atoms with Gasteiger partial charge in [0.15, 0.2) is 11.9 Å². The predicted octanol–water partition coefficient (Wildman–Crippen LogP) is 8.42. The molecular weight excluding hydrogens is 675 g/mol. The van der Waals surface area contributed by atoms with Gasteiger partial charge in [-0.25, -0.2) is 4.57 Å². The minimum absolute atomic E-state index is 0.138. The average molecular weight is 743 g/mol. The Morgan fingerprint density at radius 3 is 2.00 bits per heavy atom. The monoisotopic (exact) mass is 742 g/mol. The van der Waals surface area contributed by atoms with E-state index in [2.05, 4.69) is 25.3 Å². The molecule has 0 saturated carbocycles. The molecule has 0 aromatic rings.